The fourth-order valence-electron chi connectivity index (χ4n) is 2.53. The number of benzene rings is 1. The van der Waals surface area contributed by atoms with Crippen LogP contribution in [0.25, 0.3) is 0 Å². The zero-order valence-electron chi connectivity index (χ0n) is 10.7. The Kier molecular flexibility index (Phi) is 3.83. The molecule has 0 unspecified atom stereocenters. The summed E-state index contributed by atoms with van der Waals surface area (Å²) in [4.78, 5) is 12.9. The number of carbonyl (C=O) groups is 1. The van der Waals surface area contributed by atoms with E-state index in [0.717, 1.165) is 6.07 Å². The Morgan fingerprint density at radius 2 is 1.74 bits per heavy atom. The quantitative estimate of drug-likeness (QED) is 0.818. The number of Topliss-reactive ketones (excluding diaryl/α,β-unsaturated/α-hetero) is 1. The summed E-state index contributed by atoms with van der Waals surface area (Å²) in [6, 6.07) is 5.58. The van der Waals surface area contributed by atoms with Crippen molar-refractivity contribution in [1.29, 1.82) is 0 Å². The van der Waals surface area contributed by atoms with E-state index in [0.29, 0.717) is 25.7 Å². The number of para-hydroxylation sites is 1. The SMILES string of the molecule is CN(c1ccccc1C(F)(F)F)C1CCC(=O)CC1. The number of ketones is 1. The molecule has 0 spiro atoms. The maximum Gasteiger partial charge on any atom is 0.418 e. The van der Waals surface area contributed by atoms with Crippen LogP contribution in [0.1, 0.15) is 31.2 Å². The second-order valence-corrected chi connectivity index (χ2v) is 4.90. The standard InChI is InChI=1S/C14H16F3NO/c1-18(10-6-8-11(19)9-7-10)13-5-3-2-4-12(13)14(15,16)17/h2-5,10H,6-9H2,1H3. The molecule has 0 amide bonds. The van der Waals surface area contributed by atoms with Crippen molar-refractivity contribution in [3.8, 4) is 0 Å². The smallest absolute Gasteiger partial charge is 0.371 e. The number of halogens is 3. The van der Waals surface area contributed by atoms with E-state index < -0.39 is 11.7 Å². The van der Waals surface area contributed by atoms with Gasteiger partial charge in [0, 0.05) is 31.6 Å². The number of nitrogens with zero attached hydrogens (tertiary/aromatic N) is 1. The average molecular weight is 271 g/mol. The van der Waals surface area contributed by atoms with Crippen molar-refractivity contribution >= 4 is 11.5 Å². The lowest BCUT2D eigenvalue weighted by Crippen LogP contribution is -2.36. The Morgan fingerprint density at radius 3 is 2.32 bits per heavy atom. The first-order chi connectivity index (χ1) is 8.89. The highest BCUT2D eigenvalue weighted by Gasteiger charge is 2.35. The molecule has 2 nitrogen and oxygen atoms in total. The number of hydrogen-bond acceptors (Lipinski definition) is 2. The Labute approximate surface area is 110 Å². The Balaban J connectivity index is 2.24. The monoisotopic (exact) mass is 271 g/mol. The minimum Gasteiger partial charge on any atom is -0.371 e. The number of hydrogen-bond donors (Lipinski definition) is 0. The molecule has 19 heavy (non-hydrogen) atoms. The van der Waals surface area contributed by atoms with Crippen molar-refractivity contribution in [3.63, 3.8) is 0 Å². The van der Waals surface area contributed by atoms with Crippen molar-refractivity contribution in [3.05, 3.63) is 29.8 Å². The maximum atomic E-state index is 13.0. The molecule has 5 heteroatoms. The Bertz CT molecular complexity index is 460. The van der Waals surface area contributed by atoms with Gasteiger partial charge in [-0.05, 0) is 25.0 Å². The molecule has 1 aromatic rings. The van der Waals surface area contributed by atoms with Crippen LogP contribution in [0.5, 0.6) is 0 Å². The van der Waals surface area contributed by atoms with Crippen molar-refractivity contribution in [2.45, 2.75) is 37.9 Å². The summed E-state index contributed by atoms with van der Waals surface area (Å²) in [5.41, 5.74) is -0.427. The van der Waals surface area contributed by atoms with Crippen LogP contribution in [0.4, 0.5) is 18.9 Å². The molecule has 1 aliphatic carbocycles. The van der Waals surface area contributed by atoms with Crippen LogP contribution >= 0.6 is 0 Å². The van der Waals surface area contributed by atoms with Gasteiger partial charge < -0.3 is 4.90 Å². The lowest BCUT2D eigenvalue weighted by Gasteiger charge is -2.34. The molecule has 2 rings (SSSR count). The third-order valence-corrected chi connectivity index (χ3v) is 3.65. The summed E-state index contributed by atoms with van der Waals surface area (Å²) in [5, 5.41) is 0. The zero-order chi connectivity index (χ0) is 14.0. The van der Waals surface area contributed by atoms with Crippen LogP contribution in [0.2, 0.25) is 0 Å². The molecule has 1 saturated carbocycles. The second kappa shape index (κ2) is 5.23. The first-order valence-electron chi connectivity index (χ1n) is 6.30. The van der Waals surface area contributed by atoms with Gasteiger partial charge in [-0.3, -0.25) is 4.79 Å². The van der Waals surface area contributed by atoms with Gasteiger partial charge in [-0.2, -0.15) is 13.2 Å². The van der Waals surface area contributed by atoms with Gasteiger partial charge in [0.15, 0.2) is 0 Å². The molecule has 1 aliphatic rings. The van der Waals surface area contributed by atoms with E-state index in [1.807, 2.05) is 0 Å². The fraction of sp³-hybridized carbons (Fsp3) is 0.500. The molecule has 0 saturated heterocycles. The Morgan fingerprint density at radius 1 is 1.16 bits per heavy atom. The minimum atomic E-state index is -4.35. The van der Waals surface area contributed by atoms with Gasteiger partial charge in [0.1, 0.15) is 5.78 Å². The number of alkyl halides is 3. The highest BCUT2D eigenvalue weighted by Crippen LogP contribution is 2.37. The van der Waals surface area contributed by atoms with Crippen molar-refractivity contribution in [2.24, 2.45) is 0 Å². The van der Waals surface area contributed by atoms with E-state index in [4.69, 9.17) is 0 Å². The van der Waals surface area contributed by atoms with E-state index >= 15 is 0 Å². The van der Waals surface area contributed by atoms with Gasteiger partial charge in [-0.25, -0.2) is 0 Å². The van der Waals surface area contributed by atoms with Crippen LogP contribution in [-0.4, -0.2) is 18.9 Å². The number of anilines is 1. The molecule has 0 aromatic heterocycles. The third-order valence-electron chi connectivity index (χ3n) is 3.65. The summed E-state index contributed by atoms with van der Waals surface area (Å²) in [5.74, 6) is 0.203. The first-order valence-corrected chi connectivity index (χ1v) is 6.30. The van der Waals surface area contributed by atoms with E-state index in [1.165, 1.54) is 12.1 Å². The molecule has 0 bridgehead atoms. The average Bonchev–Trinajstić information content (AvgIpc) is 2.38. The number of carbonyl (C=O) groups excluding carboxylic acids is 1. The largest absolute Gasteiger partial charge is 0.418 e. The van der Waals surface area contributed by atoms with E-state index in [9.17, 15) is 18.0 Å². The molecule has 0 radical (unpaired) electrons. The molecule has 0 atom stereocenters. The van der Waals surface area contributed by atoms with E-state index in [-0.39, 0.29) is 17.5 Å². The normalized spacial score (nSPS) is 17.6. The van der Waals surface area contributed by atoms with Crippen LogP contribution in [0.15, 0.2) is 24.3 Å². The second-order valence-electron chi connectivity index (χ2n) is 4.90. The van der Waals surface area contributed by atoms with Gasteiger partial charge in [0.2, 0.25) is 0 Å². The van der Waals surface area contributed by atoms with Crippen molar-refractivity contribution in [1.82, 2.24) is 0 Å². The lowest BCUT2D eigenvalue weighted by atomic mass is 9.93. The third kappa shape index (κ3) is 3.08. The molecule has 1 aromatic carbocycles. The van der Waals surface area contributed by atoms with Crippen molar-refractivity contribution in [2.75, 3.05) is 11.9 Å². The maximum absolute atomic E-state index is 13.0. The minimum absolute atomic E-state index is 0.00111. The zero-order valence-corrected chi connectivity index (χ0v) is 10.7. The first kappa shape index (κ1) is 13.9. The summed E-state index contributed by atoms with van der Waals surface area (Å²) in [7, 11) is 1.67. The Hall–Kier alpha value is -1.52. The molecular formula is C14H16F3NO. The molecular weight excluding hydrogens is 255 g/mol. The van der Waals surface area contributed by atoms with Crippen LogP contribution in [-0.2, 0) is 11.0 Å². The lowest BCUT2D eigenvalue weighted by molar-refractivity contribution is -0.137. The summed E-state index contributed by atoms with van der Waals surface area (Å²) in [6.07, 6.45) is -2.18. The summed E-state index contributed by atoms with van der Waals surface area (Å²) >= 11 is 0. The van der Waals surface area contributed by atoms with Crippen molar-refractivity contribution < 1.29 is 18.0 Å². The predicted molar refractivity (Wildman–Crippen MR) is 67.1 cm³/mol. The van der Waals surface area contributed by atoms with Crippen LogP contribution < -0.4 is 4.90 Å². The molecule has 0 heterocycles. The molecule has 104 valence electrons. The summed E-state index contributed by atoms with van der Waals surface area (Å²) < 4.78 is 38.9. The number of rotatable bonds is 2. The van der Waals surface area contributed by atoms with Crippen LogP contribution in [0, 0.1) is 0 Å². The highest BCUT2D eigenvalue weighted by molar-refractivity contribution is 5.79. The summed E-state index contributed by atoms with van der Waals surface area (Å²) in [6.45, 7) is 0. The topological polar surface area (TPSA) is 20.3 Å². The van der Waals surface area contributed by atoms with Crippen LogP contribution in [0.3, 0.4) is 0 Å². The predicted octanol–water partition coefficient (Wildman–Crippen LogP) is 3.65. The van der Waals surface area contributed by atoms with Gasteiger partial charge in [0.25, 0.3) is 0 Å². The van der Waals surface area contributed by atoms with Gasteiger partial charge in [-0.15, -0.1) is 0 Å². The molecule has 0 aliphatic heterocycles. The van der Waals surface area contributed by atoms with Gasteiger partial charge >= 0.3 is 6.18 Å². The molecule has 0 N–H and O–H groups in total. The van der Waals surface area contributed by atoms with Gasteiger partial charge in [0.05, 0.1) is 5.56 Å². The molecule has 1 fully saturated rings. The van der Waals surface area contributed by atoms with Gasteiger partial charge in [-0.1, -0.05) is 12.1 Å². The van der Waals surface area contributed by atoms with E-state index in [1.54, 1.807) is 18.0 Å². The van der Waals surface area contributed by atoms with E-state index in [2.05, 4.69) is 0 Å². The fourth-order valence-corrected chi connectivity index (χ4v) is 2.53. The highest BCUT2D eigenvalue weighted by atomic mass is 19.4.